The minimum Gasteiger partial charge on any atom is -0.481 e. The van der Waals surface area contributed by atoms with E-state index in [0.717, 1.165) is 31.9 Å². The zero-order chi connectivity index (χ0) is 14.4. The fraction of sp³-hybridized carbons (Fsp3) is 0.533. The second kappa shape index (κ2) is 7.24. The molecule has 20 heavy (non-hydrogen) atoms. The van der Waals surface area contributed by atoms with Crippen LogP contribution in [0, 0.1) is 5.82 Å². The molecule has 1 aliphatic rings. The lowest BCUT2D eigenvalue weighted by Gasteiger charge is -2.27. The zero-order valence-corrected chi connectivity index (χ0v) is 11.6. The number of likely N-dealkylation sites (tertiary alicyclic amines) is 1. The van der Waals surface area contributed by atoms with Crippen LogP contribution >= 0.6 is 0 Å². The second-order valence-corrected chi connectivity index (χ2v) is 5.16. The van der Waals surface area contributed by atoms with Gasteiger partial charge in [0.2, 0.25) is 0 Å². The van der Waals surface area contributed by atoms with Gasteiger partial charge in [0.25, 0.3) is 0 Å². The van der Waals surface area contributed by atoms with Gasteiger partial charge in [0, 0.05) is 25.3 Å². The smallest absolute Gasteiger partial charge is 0.305 e. The highest BCUT2D eigenvalue weighted by molar-refractivity contribution is 5.67. The van der Waals surface area contributed by atoms with Gasteiger partial charge in [-0.1, -0.05) is 0 Å². The Labute approximate surface area is 118 Å². The average Bonchev–Trinajstić information content (AvgIpc) is 2.93. The molecule has 1 fully saturated rings. The van der Waals surface area contributed by atoms with Crippen LogP contribution in [0.2, 0.25) is 0 Å². The molecular formula is C15H21FN2O2. The summed E-state index contributed by atoms with van der Waals surface area (Å²) >= 11 is 0. The van der Waals surface area contributed by atoms with Crippen molar-refractivity contribution in [2.75, 3.05) is 37.6 Å². The Balaban J connectivity index is 1.95. The molecule has 2 rings (SSSR count). The van der Waals surface area contributed by atoms with E-state index in [-0.39, 0.29) is 12.2 Å². The molecule has 0 unspecified atom stereocenters. The van der Waals surface area contributed by atoms with Gasteiger partial charge in [-0.15, -0.1) is 0 Å². The Morgan fingerprint density at radius 3 is 2.45 bits per heavy atom. The maximum atomic E-state index is 13.0. The molecule has 0 saturated carbocycles. The first-order chi connectivity index (χ1) is 9.65. The summed E-state index contributed by atoms with van der Waals surface area (Å²) in [5.41, 5.74) is 0.881. The van der Waals surface area contributed by atoms with Crippen LogP contribution in [0.25, 0.3) is 0 Å². The van der Waals surface area contributed by atoms with Crippen molar-refractivity contribution >= 4 is 11.7 Å². The molecule has 4 nitrogen and oxygen atoms in total. The van der Waals surface area contributed by atoms with E-state index in [0.29, 0.717) is 6.54 Å². The topological polar surface area (TPSA) is 43.8 Å². The van der Waals surface area contributed by atoms with Crippen LogP contribution in [0.4, 0.5) is 10.1 Å². The lowest BCUT2D eigenvalue weighted by atomic mass is 10.2. The number of carbonyl (C=O) groups is 1. The number of benzene rings is 1. The van der Waals surface area contributed by atoms with Crippen molar-refractivity contribution in [2.45, 2.75) is 19.3 Å². The molecule has 0 bridgehead atoms. The van der Waals surface area contributed by atoms with E-state index < -0.39 is 5.97 Å². The number of nitrogens with zero attached hydrogens (tertiary/aromatic N) is 2. The first-order valence-corrected chi connectivity index (χ1v) is 7.10. The molecule has 1 heterocycles. The minimum absolute atomic E-state index is 0.0946. The Bertz CT molecular complexity index is 430. The van der Waals surface area contributed by atoms with Gasteiger partial charge in [-0.3, -0.25) is 4.79 Å². The lowest BCUT2D eigenvalue weighted by molar-refractivity contribution is -0.136. The third kappa shape index (κ3) is 4.49. The van der Waals surface area contributed by atoms with Crippen molar-refractivity contribution < 1.29 is 14.3 Å². The van der Waals surface area contributed by atoms with Crippen LogP contribution in [0.15, 0.2) is 24.3 Å². The van der Waals surface area contributed by atoms with Gasteiger partial charge in [-0.05, 0) is 50.2 Å². The normalized spacial score (nSPS) is 15.4. The van der Waals surface area contributed by atoms with E-state index in [9.17, 15) is 9.18 Å². The number of carboxylic acid groups (broad SMARTS) is 1. The third-order valence-corrected chi connectivity index (χ3v) is 3.67. The largest absolute Gasteiger partial charge is 0.481 e. The van der Waals surface area contributed by atoms with Gasteiger partial charge in [-0.25, -0.2) is 4.39 Å². The van der Waals surface area contributed by atoms with Gasteiger partial charge in [0.05, 0.1) is 6.42 Å². The van der Waals surface area contributed by atoms with Crippen LogP contribution in [0.1, 0.15) is 19.3 Å². The van der Waals surface area contributed by atoms with Crippen molar-refractivity contribution in [2.24, 2.45) is 0 Å². The molecule has 0 radical (unpaired) electrons. The van der Waals surface area contributed by atoms with E-state index in [1.807, 2.05) is 4.90 Å². The predicted octanol–water partition coefficient (Wildman–Crippen LogP) is 2.20. The molecular weight excluding hydrogens is 259 g/mol. The molecule has 1 aromatic rings. The summed E-state index contributed by atoms with van der Waals surface area (Å²) in [7, 11) is 0. The number of rotatable bonds is 7. The van der Waals surface area contributed by atoms with Crippen molar-refractivity contribution in [1.29, 1.82) is 0 Å². The highest BCUT2D eigenvalue weighted by atomic mass is 19.1. The fourth-order valence-corrected chi connectivity index (χ4v) is 2.52. The molecule has 0 amide bonds. The standard InChI is InChI=1S/C15H21FN2O2/c16-13-3-5-14(6-4-13)18(10-7-15(19)20)12-11-17-8-1-2-9-17/h3-6H,1-2,7-12H2,(H,19,20). The summed E-state index contributed by atoms with van der Waals surface area (Å²) in [5.74, 6) is -1.08. The number of aliphatic carboxylic acids is 1. The van der Waals surface area contributed by atoms with Gasteiger partial charge in [0.1, 0.15) is 5.82 Å². The summed E-state index contributed by atoms with van der Waals surface area (Å²) in [6.07, 6.45) is 2.58. The van der Waals surface area contributed by atoms with Crippen LogP contribution in [-0.2, 0) is 4.79 Å². The summed E-state index contributed by atoms with van der Waals surface area (Å²) in [5, 5.41) is 8.84. The molecule has 0 aliphatic carbocycles. The van der Waals surface area contributed by atoms with Gasteiger partial charge in [-0.2, -0.15) is 0 Å². The zero-order valence-electron chi connectivity index (χ0n) is 11.6. The van der Waals surface area contributed by atoms with E-state index in [1.165, 1.54) is 25.0 Å². The summed E-state index contributed by atoms with van der Waals surface area (Å²) < 4.78 is 13.0. The number of hydrogen-bond acceptors (Lipinski definition) is 3. The van der Waals surface area contributed by atoms with Crippen molar-refractivity contribution in [3.8, 4) is 0 Å². The number of anilines is 1. The monoisotopic (exact) mass is 280 g/mol. The molecule has 1 N–H and O–H groups in total. The number of carboxylic acids is 1. The molecule has 1 aliphatic heterocycles. The Morgan fingerprint density at radius 2 is 1.85 bits per heavy atom. The van der Waals surface area contributed by atoms with Crippen LogP contribution < -0.4 is 4.90 Å². The molecule has 0 atom stereocenters. The van der Waals surface area contributed by atoms with E-state index in [1.54, 1.807) is 12.1 Å². The number of halogens is 1. The SMILES string of the molecule is O=C(O)CCN(CCN1CCCC1)c1ccc(F)cc1. The van der Waals surface area contributed by atoms with E-state index in [4.69, 9.17) is 5.11 Å². The highest BCUT2D eigenvalue weighted by Crippen LogP contribution is 2.16. The molecule has 110 valence electrons. The highest BCUT2D eigenvalue weighted by Gasteiger charge is 2.14. The van der Waals surface area contributed by atoms with Crippen molar-refractivity contribution in [3.05, 3.63) is 30.1 Å². The first-order valence-electron chi connectivity index (χ1n) is 7.10. The summed E-state index contributed by atoms with van der Waals surface area (Å²) in [6, 6.07) is 6.25. The minimum atomic E-state index is -0.807. The maximum Gasteiger partial charge on any atom is 0.305 e. The fourth-order valence-electron chi connectivity index (χ4n) is 2.52. The molecule has 5 heteroatoms. The third-order valence-electron chi connectivity index (χ3n) is 3.67. The summed E-state index contributed by atoms with van der Waals surface area (Å²) in [4.78, 5) is 15.2. The Hall–Kier alpha value is -1.62. The first kappa shape index (κ1) is 14.8. The van der Waals surface area contributed by atoms with Crippen LogP contribution in [-0.4, -0.2) is 48.7 Å². The van der Waals surface area contributed by atoms with Crippen LogP contribution in [0.5, 0.6) is 0 Å². The Morgan fingerprint density at radius 1 is 1.20 bits per heavy atom. The van der Waals surface area contributed by atoms with Crippen molar-refractivity contribution in [1.82, 2.24) is 4.90 Å². The van der Waals surface area contributed by atoms with Crippen LogP contribution in [0.3, 0.4) is 0 Å². The maximum absolute atomic E-state index is 13.0. The lowest BCUT2D eigenvalue weighted by Crippen LogP contribution is -2.35. The van der Waals surface area contributed by atoms with Gasteiger partial charge >= 0.3 is 5.97 Å². The van der Waals surface area contributed by atoms with Gasteiger partial charge in [0.15, 0.2) is 0 Å². The van der Waals surface area contributed by atoms with Gasteiger partial charge < -0.3 is 14.9 Å². The van der Waals surface area contributed by atoms with E-state index >= 15 is 0 Å². The molecule has 1 saturated heterocycles. The number of hydrogen-bond donors (Lipinski definition) is 1. The van der Waals surface area contributed by atoms with Crippen molar-refractivity contribution in [3.63, 3.8) is 0 Å². The predicted molar refractivity (Wildman–Crippen MR) is 76.5 cm³/mol. The molecule has 0 aromatic heterocycles. The summed E-state index contributed by atoms with van der Waals surface area (Å²) in [6.45, 7) is 4.40. The Kier molecular flexibility index (Phi) is 5.35. The molecule has 1 aromatic carbocycles. The average molecular weight is 280 g/mol. The quantitative estimate of drug-likeness (QED) is 0.831. The second-order valence-electron chi connectivity index (χ2n) is 5.16. The molecule has 0 spiro atoms. The van der Waals surface area contributed by atoms with E-state index in [2.05, 4.69) is 4.90 Å².